The van der Waals surface area contributed by atoms with Crippen LogP contribution in [0.2, 0.25) is 0 Å². The summed E-state index contributed by atoms with van der Waals surface area (Å²) >= 11 is 1.13. The van der Waals surface area contributed by atoms with E-state index in [0.717, 1.165) is 47.5 Å². The molecule has 4 aromatic rings. The lowest BCUT2D eigenvalue weighted by Crippen LogP contribution is -2.28. The molecular formula is C29H33N3O5S. The second kappa shape index (κ2) is 13.2. The number of methoxy groups -OCH3 is 1. The fourth-order valence-corrected chi connectivity index (χ4v) is 4.83. The third-order valence-electron chi connectivity index (χ3n) is 5.96. The number of nitrogens with zero attached hydrogens (tertiary/aromatic N) is 3. The van der Waals surface area contributed by atoms with Crippen molar-refractivity contribution < 1.29 is 14.2 Å². The fourth-order valence-electron chi connectivity index (χ4n) is 3.92. The quantitative estimate of drug-likeness (QED) is 0.234. The summed E-state index contributed by atoms with van der Waals surface area (Å²) in [6.45, 7) is 5.51. The second-order valence-corrected chi connectivity index (χ2v) is 9.97. The smallest absolute Gasteiger partial charge is 0.296 e. The zero-order valence-corrected chi connectivity index (χ0v) is 22.9. The van der Waals surface area contributed by atoms with Crippen LogP contribution in [0.5, 0.6) is 17.2 Å². The van der Waals surface area contributed by atoms with Gasteiger partial charge in [0.25, 0.3) is 11.1 Å². The van der Waals surface area contributed by atoms with Gasteiger partial charge in [0.2, 0.25) is 4.96 Å². The third-order valence-corrected chi connectivity index (χ3v) is 6.92. The highest BCUT2D eigenvalue weighted by molar-refractivity contribution is 7.15. The van der Waals surface area contributed by atoms with Crippen molar-refractivity contribution in [2.75, 3.05) is 20.3 Å². The van der Waals surface area contributed by atoms with Crippen molar-refractivity contribution >= 4 is 22.4 Å². The van der Waals surface area contributed by atoms with Crippen LogP contribution in [0.15, 0.2) is 52.1 Å². The minimum absolute atomic E-state index is 0.216. The van der Waals surface area contributed by atoms with E-state index >= 15 is 0 Å². The molecule has 2 heterocycles. The molecule has 200 valence electrons. The average Bonchev–Trinajstić information content (AvgIpc) is 3.22. The minimum Gasteiger partial charge on any atom is -0.494 e. The highest BCUT2D eigenvalue weighted by atomic mass is 32.1. The van der Waals surface area contributed by atoms with Gasteiger partial charge in [0.1, 0.15) is 11.4 Å². The fraction of sp³-hybridized carbons (Fsp3) is 0.379. The van der Waals surface area contributed by atoms with Gasteiger partial charge >= 0.3 is 0 Å². The Labute approximate surface area is 225 Å². The van der Waals surface area contributed by atoms with Gasteiger partial charge in [0, 0.05) is 6.42 Å². The Kier molecular flexibility index (Phi) is 9.48. The molecule has 38 heavy (non-hydrogen) atoms. The summed E-state index contributed by atoms with van der Waals surface area (Å²) in [4.78, 5) is 30.1. The number of ether oxygens (including phenoxy) is 3. The predicted octanol–water partition coefficient (Wildman–Crippen LogP) is 4.41. The van der Waals surface area contributed by atoms with E-state index in [1.54, 1.807) is 13.2 Å². The summed E-state index contributed by atoms with van der Waals surface area (Å²) in [7, 11) is 1.59. The predicted molar refractivity (Wildman–Crippen MR) is 150 cm³/mol. The van der Waals surface area contributed by atoms with Crippen LogP contribution < -0.4 is 29.9 Å². The maximum absolute atomic E-state index is 13.1. The molecule has 0 aliphatic carbocycles. The van der Waals surface area contributed by atoms with E-state index in [2.05, 4.69) is 17.0 Å². The topological polar surface area (TPSA) is 92.0 Å². The number of fused-ring (bicyclic) bond motifs is 1. The normalized spacial score (nSPS) is 11.7. The first-order valence-corrected chi connectivity index (χ1v) is 13.8. The number of benzene rings is 2. The molecule has 0 spiro atoms. The van der Waals surface area contributed by atoms with Gasteiger partial charge in [-0.2, -0.15) is 14.6 Å². The summed E-state index contributed by atoms with van der Waals surface area (Å²) in [6.07, 6.45) is 7.45. The van der Waals surface area contributed by atoms with E-state index < -0.39 is 5.56 Å². The van der Waals surface area contributed by atoms with Gasteiger partial charge in [-0.05, 0) is 54.3 Å². The number of aromatic nitrogens is 3. The summed E-state index contributed by atoms with van der Waals surface area (Å²) < 4.78 is 18.6. The van der Waals surface area contributed by atoms with E-state index in [1.807, 2.05) is 49.4 Å². The molecule has 0 radical (unpaired) electrons. The standard InChI is InChI=1S/C29H33N3O5S/c1-4-6-7-8-16-37-24-14-11-21(18-25(24)35-3)19-26-28(34)32-29(38-26)30-27(33)23(31-32)17-20-9-12-22(13-10-20)36-15-5-2/h9-14,18-19H,4-8,15-17H2,1-3H3. The number of hydrogen-bond donors (Lipinski definition) is 0. The molecular weight excluding hydrogens is 502 g/mol. The summed E-state index contributed by atoms with van der Waals surface area (Å²) in [6, 6.07) is 13.0. The van der Waals surface area contributed by atoms with Gasteiger partial charge in [-0.15, -0.1) is 0 Å². The molecule has 0 aliphatic heterocycles. The van der Waals surface area contributed by atoms with Gasteiger partial charge in [0.15, 0.2) is 11.5 Å². The van der Waals surface area contributed by atoms with Crippen molar-refractivity contribution in [1.82, 2.24) is 14.6 Å². The first-order valence-electron chi connectivity index (χ1n) is 13.0. The van der Waals surface area contributed by atoms with Gasteiger partial charge in [0.05, 0.1) is 24.9 Å². The molecule has 9 heteroatoms. The molecule has 8 nitrogen and oxygen atoms in total. The summed E-state index contributed by atoms with van der Waals surface area (Å²) in [5.74, 6) is 2.04. The van der Waals surface area contributed by atoms with Crippen LogP contribution in [0.25, 0.3) is 11.0 Å². The van der Waals surface area contributed by atoms with E-state index in [4.69, 9.17) is 14.2 Å². The van der Waals surface area contributed by atoms with Crippen LogP contribution in [0.1, 0.15) is 62.8 Å². The average molecular weight is 536 g/mol. The van der Waals surface area contributed by atoms with Crippen LogP contribution >= 0.6 is 11.3 Å². The van der Waals surface area contributed by atoms with Gasteiger partial charge in [-0.25, -0.2) is 0 Å². The molecule has 0 N–H and O–H groups in total. The van der Waals surface area contributed by atoms with E-state index in [1.165, 1.54) is 17.4 Å². The molecule has 0 aliphatic rings. The second-order valence-electron chi connectivity index (χ2n) is 8.96. The lowest BCUT2D eigenvalue weighted by Gasteiger charge is -2.11. The van der Waals surface area contributed by atoms with Crippen molar-refractivity contribution in [2.45, 2.75) is 52.4 Å². The van der Waals surface area contributed by atoms with Crippen LogP contribution in [0, 0.1) is 0 Å². The Hall–Kier alpha value is -3.72. The molecule has 0 saturated heterocycles. The third kappa shape index (κ3) is 6.77. The van der Waals surface area contributed by atoms with Gasteiger partial charge in [-0.1, -0.05) is 62.6 Å². The number of unbranched alkanes of at least 4 members (excludes halogenated alkanes) is 3. The Morgan fingerprint density at radius 3 is 2.47 bits per heavy atom. The number of hydrogen-bond acceptors (Lipinski definition) is 8. The molecule has 0 bridgehead atoms. The Morgan fingerprint density at radius 2 is 1.74 bits per heavy atom. The molecule has 4 rings (SSSR count). The Morgan fingerprint density at radius 1 is 0.921 bits per heavy atom. The molecule has 0 amide bonds. The van der Waals surface area contributed by atoms with Crippen molar-refractivity contribution in [3.63, 3.8) is 0 Å². The molecule has 0 saturated carbocycles. The largest absolute Gasteiger partial charge is 0.494 e. The molecule has 0 unspecified atom stereocenters. The molecule has 2 aromatic carbocycles. The van der Waals surface area contributed by atoms with Crippen LogP contribution in [0.4, 0.5) is 0 Å². The monoisotopic (exact) mass is 535 g/mol. The van der Waals surface area contributed by atoms with Crippen molar-refractivity contribution in [2.24, 2.45) is 0 Å². The maximum atomic E-state index is 13.1. The van der Waals surface area contributed by atoms with Crippen molar-refractivity contribution in [3.8, 4) is 17.2 Å². The first kappa shape index (κ1) is 27.3. The first-order chi connectivity index (χ1) is 18.5. The lowest BCUT2D eigenvalue weighted by atomic mass is 10.1. The van der Waals surface area contributed by atoms with E-state index in [-0.39, 0.29) is 22.6 Å². The van der Waals surface area contributed by atoms with Gasteiger partial charge < -0.3 is 14.2 Å². The number of thiazole rings is 1. The Bertz CT molecular complexity index is 1530. The van der Waals surface area contributed by atoms with Crippen molar-refractivity contribution in [3.05, 3.63) is 84.5 Å². The van der Waals surface area contributed by atoms with E-state index in [0.29, 0.717) is 29.2 Å². The van der Waals surface area contributed by atoms with Gasteiger partial charge in [-0.3, -0.25) is 9.59 Å². The Balaban J connectivity index is 1.56. The van der Waals surface area contributed by atoms with Crippen LogP contribution in [-0.4, -0.2) is 34.9 Å². The SMILES string of the molecule is CCCCCCOc1ccc(C=c2sc3nc(=O)c(Cc4ccc(OCCC)cc4)nn3c2=O)cc1OC. The van der Waals surface area contributed by atoms with E-state index in [9.17, 15) is 9.59 Å². The lowest BCUT2D eigenvalue weighted by molar-refractivity contribution is 0.285. The highest BCUT2D eigenvalue weighted by Crippen LogP contribution is 2.28. The summed E-state index contributed by atoms with van der Waals surface area (Å²) in [5.41, 5.74) is 1.11. The summed E-state index contributed by atoms with van der Waals surface area (Å²) in [5, 5.41) is 4.35. The van der Waals surface area contributed by atoms with Crippen molar-refractivity contribution in [1.29, 1.82) is 0 Å². The zero-order valence-electron chi connectivity index (χ0n) is 22.1. The number of rotatable bonds is 13. The van der Waals surface area contributed by atoms with Crippen LogP contribution in [0.3, 0.4) is 0 Å². The molecule has 0 atom stereocenters. The van der Waals surface area contributed by atoms with Crippen LogP contribution in [-0.2, 0) is 6.42 Å². The zero-order chi connectivity index (χ0) is 26.9. The molecule has 0 fully saturated rings. The minimum atomic E-state index is -0.439. The maximum Gasteiger partial charge on any atom is 0.296 e. The highest BCUT2D eigenvalue weighted by Gasteiger charge is 2.13. The molecule has 2 aromatic heterocycles.